The molecule has 102 valence electrons. The number of nitrogens with one attached hydrogen (secondary N) is 1. The van der Waals surface area contributed by atoms with E-state index in [1.807, 2.05) is 6.07 Å². The number of anilines is 2. The van der Waals surface area contributed by atoms with Gasteiger partial charge in [0.25, 0.3) is 5.91 Å². The second kappa shape index (κ2) is 5.34. The number of nitrogens with zero attached hydrogens (tertiary/aromatic N) is 2. The summed E-state index contributed by atoms with van der Waals surface area (Å²) in [6.45, 7) is 0. The number of para-hydroxylation sites is 1. The Morgan fingerprint density at radius 1 is 1.30 bits per heavy atom. The van der Waals surface area contributed by atoms with E-state index in [1.165, 1.54) is 16.2 Å². The lowest BCUT2D eigenvalue weighted by Gasteiger charge is -2.15. The average molecular weight is 352 g/mol. The minimum atomic E-state index is -0.555. The number of carbonyl (C=O) groups is 2. The van der Waals surface area contributed by atoms with Crippen LogP contribution in [0.5, 0.6) is 0 Å². The van der Waals surface area contributed by atoms with Crippen LogP contribution in [-0.4, -0.2) is 22.8 Å². The standard InChI is InChI=1S/C13H10BrN3O2S/c14-10-7-15-13(20-10)16-9-6-11(18)17(12(9)19)8-4-2-1-3-5-8/h1-5,7,9H,6H2,(H,15,16). The molecule has 1 aliphatic heterocycles. The summed E-state index contributed by atoms with van der Waals surface area (Å²) in [5, 5.41) is 3.63. The maximum Gasteiger partial charge on any atom is 0.256 e. The highest BCUT2D eigenvalue weighted by atomic mass is 79.9. The predicted molar refractivity (Wildman–Crippen MR) is 80.8 cm³/mol. The molecule has 2 aromatic rings. The first-order valence-electron chi connectivity index (χ1n) is 5.95. The zero-order valence-corrected chi connectivity index (χ0v) is 12.6. The Hall–Kier alpha value is -1.73. The molecule has 1 N–H and O–H groups in total. The summed E-state index contributed by atoms with van der Waals surface area (Å²) in [5.74, 6) is -0.443. The fourth-order valence-electron chi connectivity index (χ4n) is 2.06. The molecule has 0 aliphatic carbocycles. The zero-order chi connectivity index (χ0) is 14.1. The third-order valence-corrected chi connectivity index (χ3v) is 4.34. The van der Waals surface area contributed by atoms with Crippen molar-refractivity contribution in [3.05, 3.63) is 40.3 Å². The number of imide groups is 1. The highest BCUT2D eigenvalue weighted by Gasteiger charge is 2.39. The van der Waals surface area contributed by atoms with E-state index in [4.69, 9.17) is 0 Å². The van der Waals surface area contributed by atoms with Crippen molar-refractivity contribution >= 4 is 49.9 Å². The third kappa shape index (κ3) is 2.46. The molecule has 0 spiro atoms. The van der Waals surface area contributed by atoms with Crippen LogP contribution in [0.1, 0.15) is 6.42 Å². The molecule has 1 aromatic heterocycles. The van der Waals surface area contributed by atoms with Gasteiger partial charge in [-0.3, -0.25) is 9.59 Å². The molecule has 5 nitrogen and oxygen atoms in total. The molecule has 1 fully saturated rings. The minimum Gasteiger partial charge on any atom is -0.349 e. The normalized spacial score (nSPS) is 18.6. The van der Waals surface area contributed by atoms with Crippen LogP contribution in [0.4, 0.5) is 10.8 Å². The van der Waals surface area contributed by atoms with Crippen molar-refractivity contribution in [2.45, 2.75) is 12.5 Å². The van der Waals surface area contributed by atoms with E-state index < -0.39 is 6.04 Å². The number of rotatable bonds is 3. The smallest absolute Gasteiger partial charge is 0.256 e. The molecule has 20 heavy (non-hydrogen) atoms. The first-order valence-corrected chi connectivity index (χ1v) is 7.56. The molecule has 1 unspecified atom stereocenters. The number of amides is 2. The molecule has 2 heterocycles. The maximum atomic E-state index is 12.3. The van der Waals surface area contributed by atoms with Gasteiger partial charge in [0.05, 0.1) is 22.1 Å². The first kappa shape index (κ1) is 13.3. The quantitative estimate of drug-likeness (QED) is 0.863. The predicted octanol–water partition coefficient (Wildman–Crippen LogP) is 2.65. The van der Waals surface area contributed by atoms with Crippen molar-refractivity contribution in [1.82, 2.24) is 4.98 Å². The van der Waals surface area contributed by atoms with Gasteiger partial charge in [0.1, 0.15) is 6.04 Å². The molecule has 3 rings (SSSR count). The molecular weight excluding hydrogens is 342 g/mol. The Morgan fingerprint density at radius 3 is 2.70 bits per heavy atom. The van der Waals surface area contributed by atoms with Crippen LogP contribution in [0.25, 0.3) is 0 Å². The minimum absolute atomic E-state index is 0.144. The van der Waals surface area contributed by atoms with Crippen molar-refractivity contribution in [1.29, 1.82) is 0 Å². The summed E-state index contributed by atoms with van der Waals surface area (Å²) < 4.78 is 0.872. The number of carbonyl (C=O) groups excluding carboxylic acids is 2. The number of halogens is 1. The molecule has 1 aromatic carbocycles. The van der Waals surface area contributed by atoms with E-state index in [2.05, 4.69) is 26.2 Å². The second-order valence-electron chi connectivity index (χ2n) is 4.27. The van der Waals surface area contributed by atoms with E-state index in [0.29, 0.717) is 10.8 Å². The highest BCUT2D eigenvalue weighted by molar-refractivity contribution is 9.11. The average Bonchev–Trinajstić information content (AvgIpc) is 2.96. The number of hydrogen-bond acceptors (Lipinski definition) is 5. The van der Waals surface area contributed by atoms with Gasteiger partial charge in [-0.05, 0) is 28.1 Å². The van der Waals surface area contributed by atoms with Crippen LogP contribution < -0.4 is 10.2 Å². The van der Waals surface area contributed by atoms with E-state index in [-0.39, 0.29) is 18.2 Å². The number of benzene rings is 1. The van der Waals surface area contributed by atoms with Crippen molar-refractivity contribution in [2.75, 3.05) is 10.2 Å². The summed E-state index contributed by atoms with van der Waals surface area (Å²) in [4.78, 5) is 29.7. The van der Waals surface area contributed by atoms with Gasteiger partial charge < -0.3 is 5.32 Å². The zero-order valence-electron chi connectivity index (χ0n) is 10.2. The molecule has 0 saturated carbocycles. The fraction of sp³-hybridized carbons (Fsp3) is 0.154. The van der Waals surface area contributed by atoms with Crippen LogP contribution >= 0.6 is 27.3 Å². The number of thiazole rings is 1. The molecule has 2 amide bonds. The van der Waals surface area contributed by atoms with Crippen LogP contribution in [0.15, 0.2) is 40.3 Å². The topological polar surface area (TPSA) is 62.3 Å². The molecule has 1 atom stereocenters. The largest absolute Gasteiger partial charge is 0.349 e. The Morgan fingerprint density at radius 2 is 2.05 bits per heavy atom. The molecule has 1 saturated heterocycles. The van der Waals surface area contributed by atoms with E-state index >= 15 is 0 Å². The van der Waals surface area contributed by atoms with Gasteiger partial charge in [0.15, 0.2) is 5.13 Å². The molecule has 0 bridgehead atoms. The van der Waals surface area contributed by atoms with Crippen molar-refractivity contribution in [3.8, 4) is 0 Å². The molecule has 1 aliphatic rings. The summed E-state index contributed by atoms with van der Waals surface area (Å²) >= 11 is 4.70. The van der Waals surface area contributed by atoms with Gasteiger partial charge in [-0.1, -0.05) is 29.5 Å². The van der Waals surface area contributed by atoms with Gasteiger partial charge in [0.2, 0.25) is 5.91 Å². The van der Waals surface area contributed by atoms with Crippen LogP contribution in [-0.2, 0) is 9.59 Å². The third-order valence-electron chi connectivity index (χ3n) is 2.94. The number of hydrogen-bond donors (Lipinski definition) is 1. The SMILES string of the molecule is O=C1CC(Nc2ncc(Br)s2)C(=O)N1c1ccccc1. The van der Waals surface area contributed by atoms with E-state index in [0.717, 1.165) is 3.79 Å². The monoisotopic (exact) mass is 351 g/mol. The Kier molecular flexibility index (Phi) is 3.54. The highest BCUT2D eigenvalue weighted by Crippen LogP contribution is 2.28. The van der Waals surface area contributed by atoms with Gasteiger partial charge >= 0.3 is 0 Å². The second-order valence-corrected chi connectivity index (χ2v) is 6.68. The molecular formula is C13H10BrN3O2S. The van der Waals surface area contributed by atoms with Gasteiger partial charge in [0, 0.05) is 0 Å². The van der Waals surface area contributed by atoms with Gasteiger partial charge in [-0.25, -0.2) is 9.88 Å². The lowest BCUT2D eigenvalue weighted by atomic mass is 10.2. The lowest BCUT2D eigenvalue weighted by Crippen LogP contribution is -2.34. The van der Waals surface area contributed by atoms with Crippen LogP contribution in [0.2, 0.25) is 0 Å². The van der Waals surface area contributed by atoms with Crippen LogP contribution in [0.3, 0.4) is 0 Å². The van der Waals surface area contributed by atoms with Crippen molar-refractivity contribution in [3.63, 3.8) is 0 Å². The van der Waals surface area contributed by atoms with Crippen LogP contribution in [0, 0.1) is 0 Å². The summed E-state index contributed by atoms with van der Waals surface area (Å²) in [7, 11) is 0. The number of aromatic nitrogens is 1. The summed E-state index contributed by atoms with van der Waals surface area (Å²) in [6, 6.07) is 8.39. The van der Waals surface area contributed by atoms with Crippen molar-refractivity contribution < 1.29 is 9.59 Å². The fourth-order valence-corrected chi connectivity index (χ4v) is 3.22. The summed E-state index contributed by atoms with van der Waals surface area (Å²) in [5.41, 5.74) is 0.604. The van der Waals surface area contributed by atoms with E-state index in [1.54, 1.807) is 30.5 Å². The molecule has 0 radical (unpaired) electrons. The van der Waals surface area contributed by atoms with Gasteiger partial charge in [-0.15, -0.1) is 0 Å². The Balaban J connectivity index is 1.80. The lowest BCUT2D eigenvalue weighted by molar-refractivity contribution is -0.121. The maximum absolute atomic E-state index is 12.3. The Bertz CT molecular complexity index is 659. The van der Waals surface area contributed by atoms with Gasteiger partial charge in [-0.2, -0.15) is 0 Å². The first-order chi connectivity index (χ1) is 9.65. The summed E-state index contributed by atoms with van der Waals surface area (Å²) in [6.07, 6.45) is 1.80. The Labute approximate surface area is 127 Å². The van der Waals surface area contributed by atoms with Crippen molar-refractivity contribution in [2.24, 2.45) is 0 Å². The van der Waals surface area contributed by atoms with E-state index in [9.17, 15) is 9.59 Å². The molecule has 7 heteroatoms.